The van der Waals surface area contributed by atoms with Crippen molar-refractivity contribution < 1.29 is 9.59 Å². The minimum Gasteiger partial charge on any atom is -0.368 e. The molecule has 7 heteroatoms. The molecule has 2 aliphatic heterocycles. The number of pyridine rings is 2. The third kappa shape index (κ3) is 4.09. The van der Waals surface area contributed by atoms with E-state index in [2.05, 4.69) is 22.0 Å². The molecule has 0 spiro atoms. The standard InChI is InChI=1S/C22H27N5O2/c1-16-14-18(15-20(24-16)21-7-5-9-27(21)17(2)28)25-10-12-26(13-11-25)22(29)19-6-3-4-8-23-19/h3-4,6,8,14-15,21H,5,7,9-13H2,1-2H3/t21-/m1/s1. The number of aromatic nitrogens is 2. The zero-order valence-electron chi connectivity index (χ0n) is 17.0. The first-order valence-electron chi connectivity index (χ1n) is 10.2. The van der Waals surface area contributed by atoms with Crippen LogP contribution in [0.4, 0.5) is 5.69 Å². The van der Waals surface area contributed by atoms with Crippen LogP contribution in [-0.2, 0) is 4.79 Å². The molecule has 0 radical (unpaired) electrons. The summed E-state index contributed by atoms with van der Waals surface area (Å²) in [5.74, 6) is 0.0962. The third-order valence-corrected chi connectivity index (χ3v) is 5.77. The van der Waals surface area contributed by atoms with Gasteiger partial charge in [-0.2, -0.15) is 0 Å². The van der Waals surface area contributed by atoms with E-state index in [0.29, 0.717) is 18.8 Å². The molecule has 4 rings (SSSR count). The number of aryl methyl sites for hydroxylation is 1. The second-order valence-electron chi connectivity index (χ2n) is 7.76. The summed E-state index contributed by atoms with van der Waals surface area (Å²) in [6.45, 7) is 7.29. The highest BCUT2D eigenvalue weighted by Crippen LogP contribution is 2.33. The summed E-state index contributed by atoms with van der Waals surface area (Å²) in [5.41, 5.74) is 3.54. The second kappa shape index (κ2) is 8.19. The zero-order chi connectivity index (χ0) is 20.4. The van der Waals surface area contributed by atoms with Gasteiger partial charge in [-0.15, -0.1) is 0 Å². The molecule has 0 bridgehead atoms. The Morgan fingerprint density at radius 2 is 1.86 bits per heavy atom. The van der Waals surface area contributed by atoms with Crippen LogP contribution in [0.5, 0.6) is 0 Å². The Bertz CT molecular complexity index is 893. The van der Waals surface area contributed by atoms with Gasteiger partial charge in [0.05, 0.1) is 11.7 Å². The monoisotopic (exact) mass is 393 g/mol. The minimum absolute atomic E-state index is 0.0140. The van der Waals surface area contributed by atoms with Crippen LogP contribution >= 0.6 is 0 Å². The van der Waals surface area contributed by atoms with E-state index in [4.69, 9.17) is 4.98 Å². The van der Waals surface area contributed by atoms with Gasteiger partial charge in [-0.05, 0) is 44.0 Å². The molecule has 2 amide bonds. The Hall–Kier alpha value is -2.96. The molecule has 2 aromatic rings. The Balaban J connectivity index is 1.47. The molecular formula is C22H27N5O2. The summed E-state index contributed by atoms with van der Waals surface area (Å²) in [5, 5.41) is 0. The number of rotatable bonds is 3. The normalized spacial score (nSPS) is 19.5. The van der Waals surface area contributed by atoms with Crippen molar-refractivity contribution in [3.8, 4) is 0 Å². The Morgan fingerprint density at radius 3 is 2.55 bits per heavy atom. The van der Waals surface area contributed by atoms with Crippen LogP contribution in [-0.4, -0.2) is 64.3 Å². The van der Waals surface area contributed by atoms with E-state index in [-0.39, 0.29) is 17.9 Å². The molecule has 0 aromatic carbocycles. The summed E-state index contributed by atoms with van der Waals surface area (Å²) < 4.78 is 0. The molecule has 152 valence electrons. The molecule has 2 aliphatic rings. The highest BCUT2D eigenvalue weighted by molar-refractivity contribution is 5.92. The van der Waals surface area contributed by atoms with Crippen LogP contribution < -0.4 is 4.90 Å². The van der Waals surface area contributed by atoms with E-state index < -0.39 is 0 Å². The van der Waals surface area contributed by atoms with Gasteiger partial charge in [0.25, 0.3) is 5.91 Å². The largest absolute Gasteiger partial charge is 0.368 e. The molecule has 0 N–H and O–H groups in total. The van der Waals surface area contributed by atoms with Gasteiger partial charge >= 0.3 is 0 Å². The molecule has 4 heterocycles. The lowest BCUT2D eigenvalue weighted by molar-refractivity contribution is -0.129. The fraction of sp³-hybridized carbons (Fsp3) is 0.455. The lowest BCUT2D eigenvalue weighted by atomic mass is 10.1. The Kier molecular flexibility index (Phi) is 5.47. The van der Waals surface area contributed by atoms with E-state index >= 15 is 0 Å². The fourth-order valence-electron chi connectivity index (χ4n) is 4.30. The van der Waals surface area contributed by atoms with Crippen molar-refractivity contribution in [2.75, 3.05) is 37.6 Å². The maximum atomic E-state index is 12.6. The molecule has 2 saturated heterocycles. The minimum atomic E-state index is -0.0140. The van der Waals surface area contributed by atoms with Crippen molar-refractivity contribution in [1.82, 2.24) is 19.8 Å². The predicted molar refractivity (Wildman–Crippen MR) is 111 cm³/mol. The molecule has 0 saturated carbocycles. The van der Waals surface area contributed by atoms with Crippen LogP contribution in [0.2, 0.25) is 0 Å². The maximum absolute atomic E-state index is 12.6. The Labute approximate surface area is 171 Å². The molecule has 1 atom stereocenters. The number of nitrogens with zero attached hydrogens (tertiary/aromatic N) is 5. The number of piperazine rings is 1. The highest BCUT2D eigenvalue weighted by Gasteiger charge is 2.30. The van der Waals surface area contributed by atoms with Crippen molar-refractivity contribution in [2.45, 2.75) is 32.7 Å². The first kappa shape index (κ1) is 19.4. The van der Waals surface area contributed by atoms with Gasteiger partial charge < -0.3 is 14.7 Å². The third-order valence-electron chi connectivity index (χ3n) is 5.77. The van der Waals surface area contributed by atoms with Crippen molar-refractivity contribution in [1.29, 1.82) is 0 Å². The summed E-state index contributed by atoms with van der Waals surface area (Å²) in [6, 6.07) is 9.69. The first-order valence-corrected chi connectivity index (χ1v) is 10.2. The van der Waals surface area contributed by atoms with Crippen LogP contribution in [0.3, 0.4) is 0 Å². The number of likely N-dealkylation sites (tertiary alicyclic amines) is 1. The molecule has 7 nitrogen and oxygen atoms in total. The quantitative estimate of drug-likeness (QED) is 0.801. The van der Waals surface area contributed by atoms with Crippen LogP contribution in [0.25, 0.3) is 0 Å². The van der Waals surface area contributed by atoms with Gasteiger partial charge in [0, 0.05) is 57.2 Å². The summed E-state index contributed by atoms with van der Waals surface area (Å²) in [4.78, 5) is 39.6. The smallest absolute Gasteiger partial charge is 0.272 e. The molecule has 2 fully saturated rings. The summed E-state index contributed by atoms with van der Waals surface area (Å²) >= 11 is 0. The number of carbonyl (C=O) groups is 2. The SMILES string of the molecule is CC(=O)N1CCC[C@@H]1c1cc(N2CCN(C(=O)c3ccccn3)CC2)cc(C)n1. The number of hydrogen-bond acceptors (Lipinski definition) is 5. The van der Waals surface area contributed by atoms with Gasteiger partial charge in [-0.1, -0.05) is 6.07 Å². The maximum Gasteiger partial charge on any atom is 0.272 e. The first-order chi connectivity index (χ1) is 14.0. The van der Waals surface area contributed by atoms with Crippen LogP contribution in [0.1, 0.15) is 47.7 Å². The topological polar surface area (TPSA) is 69.6 Å². The average Bonchev–Trinajstić information content (AvgIpc) is 3.24. The predicted octanol–water partition coefficient (Wildman–Crippen LogP) is 2.43. The fourth-order valence-corrected chi connectivity index (χ4v) is 4.30. The molecule has 0 aliphatic carbocycles. The van der Waals surface area contributed by atoms with Crippen molar-refractivity contribution in [3.63, 3.8) is 0 Å². The molecular weight excluding hydrogens is 366 g/mol. The number of hydrogen-bond donors (Lipinski definition) is 0. The number of amides is 2. The lowest BCUT2D eigenvalue weighted by Gasteiger charge is -2.36. The van der Waals surface area contributed by atoms with Crippen molar-refractivity contribution in [2.24, 2.45) is 0 Å². The zero-order valence-corrected chi connectivity index (χ0v) is 17.0. The van der Waals surface area contributed by atoms with Gasteiger partial charge in [0.1, 0.15) is 5.69 Å². The van der Waals surface area contributed by atoms with Crippen LogP contribution in [0.15, 0.2) is 36.5 Å². The summed E-state index contributed by atoms with van der Waals surface area (Å²) in [7, 11) is 0. The number of carbonyl (C=O) groups excluding carboxylic acids is 2. The van der Waals surface area contributed by atoms with Crippen molar-refractivity contribution in [3.05, 3.63) is 53.6 Å². The second-order valence-corrected chi connectivity index (χ2v) is 7.76. The molecule has 2 aromatic heterocycles. The number of anilines is 1. The molecule has 0 unspecified atom stereocenters. The van der Waals surface area contributed by atoms with E-state index in [1.54, 1.807) is 19.2 Å². The van der Waals surface area contributed by atoms with Gasteiger partial charge in [-0.25, -0.2) is 0 Å². The van der Waals surface area contributed by atoms with Crippen LogP contribution in [0, 0.1) is 6.92 Å². The van der Waals surface area contributed by atoms with E-state index in [9.17, 15) is 9.59 Å². The van der Waals surface area contributed by atoms with E-state index in [1.807, 2.05) is 28.9 Å². The molecule has 29 heavy (non-hydrogen) atoms. The van der Waals surface area contributed by atoms with E-state index in [0.717, 1.165) is 49.6 Å². The summed E-state index contributed by atoms with van der Waals surface area (Å²) in [6.07, 6.45) is 3.63. The van der Waals surface area contributed by atoms with Gasteiger partial charge in [0.15, 0.2) is 0 Å². The van der Waals surface area contributed by atoms with E-state index in [1.165, 1.54) is 0 Å². The van der Waals surface area contributed by atoms with Gasteiger partial charge in [0.2, 0.25) is 5.91 Å². The highest BCUT2D eigenvalue weighted by atomic mass is 16.2. The van der Waals surface area contributed by atoms with Crippen molar-refractivity contribution >= 4 is 17.5 Å². The average molecular weight is 393 g/mol. The lowest BCUT2D eigenvalue weighted by Crippen LogP contribution is -2.49. The van der Waals surface area contributed by atoms with Gasteiger partial charge in [-0.3, -0.25) is 19.6 Å². The Morgan fingerprint density at radius 1 is 1.07 bits per heavy atom.